The minimum Gasteiger partial charge on any atom is -0.508 e. The van der Waals surface area contributed by atoms with Crippen molar-refractivity contribution in [2.45, 2.75) is 92.0 Å². The van der Waals surface area contributed by atoms with Gasteiger partial charge >= 0.3 is 6.01 Å². The number of aromatic hydroxyl groups is 1. The zero-order valence-corrected chi connectivity index (χ0v) is 30.4. The van der Waals surface area contributed by atoms with E-state index in [-0.39, 0.29) is 28.7 Å². The maximum Gasteiger partial charge on any atom is 0.318 e. The highest BCUT2D eigenvalue weighted by Crippen LogP contribution is 2.37. The van der Waals surface area contributed by atoms with Crippen LogP contribution in [0.3, 0.4) is 0 Å². The second-order valence-electron chi connectivity index (χ2n) is 14.7. The molecule has 1 saturated heterocycles. The van der Waals surface area contributed by atoms with Gasteiger partial charge in [0.25, 0.3) is 0 Å². The number of terminal acetylenes is 1. The van der Waals surface area contributed by atoms with Gasteiger partial charge in [-0.15, -0.1) is 6.42 Å². The number of phenols is 1. The van der Waals surface area contributed by atoms with Gasteiger partial charge in [0.1, 0.15) is 17.4 Å². The van der Waals surface area contributed by atoms with E-state index < -0.39 is 5.82 Å². The topological polar surface area (TPSA) is 82.9 Å². The second kappa shape index (κ2) is 15.3. The first-order valence-corrected chi connectivity index (χ1v) is 18.6. The third kappa shape index (κ3) is 7.30. The molecule has 3 aromatic carbocycles. The van der Waals surface area contributed by atoms with Crippen molar-refractivity contribution < 1.29 is 14.2 Å². The van der Waals surface area contributed by atoms with Gasteiger partial charge in [0, 0.05) is 41.2 Å². The number of nitrogens with one attached hydrogen (secondary N) is 1. The molecule has 7 nitrogen and oxygen atoms in total. The van der Waals surface area contributed by atoms with E-state index in [0.717, 1.165) is 91.1 Å². The standard InChI is InChI=1S/C42H52FN5O2/c1-7-10-12-17-42(6,16-11-8-2)26-50-41-46-36-25-33(32-24-30(49)23-29-14-15-35(43)31(9-3)37(29)32)39-34(22-27(4)28(5)45-39)38(36)40(47-41)48-20-13-18-44-19-21-48/h3,14-15,22-25,27-28,44,49H,7-8,10-13,16-21,26H2,1-2,4-6H3. The molecular formula is C42H52FN5O2. The van der Waals surface area contributed by atoms with Crippen LogP contribution in [0, 0.1) is 29.5 Å². The minimum atomic E-state index is -0.479. The molecule has 0 saturated carbocycles. The Hall–Kier alpha value is -4.22. The number of phenolic OH excluding ortho intramolecular Hbond substituents is 1. The van der Waals surface area contributed by atoms with Gasteiger partial charge in [0.15, 0.2) is 0 Å². The van der Waals surface area contributed by atoms with E-state index in [1.807, 2.05) is 6.07 Å². The number of rotatable bonds is 12. The number of benzene rings is 3. The molecule has 50 heavy (non-hydrogen) atoms. The molecule has 0 amide bonds. The molecule has 4 aromatic rings. The maximum absolute atomic E-state index is 15.2. The Balaban J connectivity index is 1.61. The number of nitrogens with zero attached hydrogens (tertiary/aromatic N) is 4. The SMILES string of the molecule is C#Cc1c(F)ccc2cc(O)cc(-c3cc4nc(OCC(C)(CCCC)CCCCC)nc(N5CCCNCC5)c4c4c3=NC(C)C(C)C=4)c12. The molecule has 8 heteroatoms. The van der Waals surface area contributed by atoms with E-state index >= 15 is 4.39 Å². The van der Waals surface area contributed by atoms with Crippen molar-refractivity contribution in [3.05, 3.63) is 52.3 Å². The molecule has 0 radical (unpaired) electrons. The highest BCUT2D eigenvalue weighted by Gasteiger charge is 2.28. The summed E-state index contributed by atoms with van der Waals surface area (Å²) < 4.78 is 21.9. The Morgan fingerprint density at radius 1 is 1.02 bits per heavy atom. The van der Waals surface area contributed by atoms with Gasteiger partial charge < -0.3 is 20.1 Å². The lowest BCUT2D eigenvalue weighted by atomic mass is 9.81. The van der Waals surface area contributed by atoms with Gasteiger partial charge in [0.2, 0.25) is 0 Å². The Morgan fingerprint density at radius 2 is 1.82 bits per heavy atom. The monoisotopic (exact) mass is 677 g/mol. The first kappa shape index (κ1) is 35.6. The van der Waals surface area contributed by atoms with Gasteiger partial charge in [-0.1, -0.05) is 77.9 Å². The summed E-state index contributed by atoms with van der Waals surface area (Å²) in [7, 11) is 0. The Kier molecular flexibility index (Phi) is 10.9. The first-order chi connectivity index (χ1) is 24.2. The number of hydrogen-bond acceptors (Lipinski definition) is 7. The Labute approximate surface area is 296 Å². The molecule has 2 aliphatic rings. The van der Waals surface area contributed by atoms with Crippen LogP contribution >= 0.6 is 0 Å². The zero-order chi connectivity index (χ0) is 35.4. The predicted molar refractivity (Wildman–Crippen MR) is 203 cm³/mol. The van der Waals surface area contributed by atoms with E-state index in [9.17, 15) is 5.11 Å². The molecule has 1 aromatic heterocycles. The van der Waals surface area contributed by atoms with Crippen molar-refractivity contribution >= 4 is 33.6 Å². The largest absolute Gasteiger partial charge is 0.508 e. The van der Waals surface area contributed by atoms with Crippen molar-refractivity contribution in [1.29, 1.82) is 0 Å². The summed E-state index contributed by atoms with van der Waals surface area (Å²) in [4.78, 5) is 17.9. The van der Waals surface area contributed by atoms with Gasteiger partial charge in [0.05, 0.1) is 34.5 Å². The van der Waals surface area contributed by atoms with E-state index in [1.54, 1.807) is 18.2 Å². The third-order valence-corrected chi connectivity index (χ3v) is 10.7. The van der Waals surface area contributed by atoms with Crippen LogP contribution in [0.4, 0.5) is 10.2 Å². The summed E-state index contributed by atoms with van der Waals surface area (Å²) in [5, 5.41) is 18.4. The highest BCUT2D eigenvalue weighted by molar-refractivity contribution is 6.04. The molecule has 2 aliphatic heterocycles. The van der Waals surface area contributed by atoms with E-state index in [1.165, 1.54) is 25.3 Å². The molecule has 6 rings (SSSR count). The zero-order valence-electron chi connectivity index (χ0n) is 30.4. The highest BCUT2D eigenvalue weighted by atomic mass is 19.1. The van der Waals surface area contributed by atoms with Crippen LogP contribution < -0.4 is 25.5 Å². The summed E-state index contributed by atoms with van der Waals surface area (Å²) >= 11 is 0. The van der Waals surface area contributed by atoms with Crippen LogP contribution in [-0.2, 0) is 0 Å². The Morgan fingerprint density at radius 3 is 2.60 bits per heavy atom. The fourth-order valence-corrected chi connectivity index (χ4v) is 7.55. The quantitative estimate of drug-likeness (QED) is 0.118. The van der Waals surface area contributed by atoms with Crippen molar-refractivity contribution in [2.75, 3.05) is 37.7 Å². The lowest BCUT2D eigenvalue weighted by Crippen LogP contribution is -2.38. The number of anilines is 1. The van der Waals surface area contributed by atoms with Gasteiger partial charge in [-0.25, -0.2) is 4.39 Å². The first-order valence-electron chi connectivity index (χ1n) is 18.6. The van der Waals surface area contributed by atoms with E-state index in [4.69, 9.17) is 26.1 Å². The molecule has 3 atom stereocenters. The van der Waals surface area contributed by atoms with Crippen LogP contribution in [0.2, 0.25) is 0 Å². The summed E-state index contributed by atoms with van der Waals surface area (Å²) in [6.45, 7) is 15.1. The van der Waals surface area contributed by atoms with E-state index in [0.29, 0.717) is 29.0 Å². The summed E-state index contributed by atoms with van der Waals surface area (Å²) in [6, 6.07) is 8.68. The second-order valence-corrected chi connectivity index (χ2v) is 14.7. The van der Waals surface area contributed by atoms with Crippen LogP contribution in [0.5, 0.6) is 11.8 Å². The molecule has 3 heterocycles. The lowest BCUT2D eigenvalue weighted by molar-refractivity contribution is 0.126. The van der Waals surface area contributed by atoms with Crippen molar-refractivity contribution in [3.63, 3.8) is 0 Å². The molecule has 0 spiro atoms. The van der Waals surface area contributed by atoms with Crippen LogP contribution in [-0.4, -0.2) is 53.9 Å². The average Bonchev–Trinajstić information content (AvgIpc) is 3.40. The number of hydrogen-bond donors (Lipinski definition) is 2. The molecule has 2 N–H and O–H groups in total. The number of ether oxygens (including phenoxy) is 1. The predicted octanol–water partition coefficient (Wildman–Crippen LogP) is 7.67. The van der Waals surface area contributed by atoms with Gasteiger partial charge in [-0.05, 0) is 73.9 Å². The lowest BCUT2D eigenvalue weighted by Gasteiger charge is -2.30. The van der Waals surface area contributed by atoms with Crippen LogP contribution in [0.1, 0.15) is 91.5 Å². The minimum absolute atomic E-state index is 0.00832. The number of unbranched alkanes of at least 4 members (excludes halogenated alkanes) is 3. The number of halogens is 1. The molecule has 1 fully saturated rings. The summed E-state index contributed by atoms with van der Waals surface area (Å²) in [5.41, 5.74) is 2.26. The van der Waals surface area contributed by atoms with Crippen LogP contribution in [0.25, 0.3) is 38.9 Å². The third-order valence-electron chi connectivity index (χ3n) is 10.7. The van der Waals surface area contributed by atoms with Crippen molar-refractivity contribution in [2.24, 2.45) is 16.3 Å². The summed E-state index contributed by atoms with van der Waals surface area (Å²) in [5.74, 6) is 3.18. The van der Waals surface area contributed by atoms with Gasteiger partial charge in [-0.2, -0.15) is 9.97 Å². The molecule has 264 valence electrons. The smallest absolute Gasteiger partial charge is 0.318 e. The van der Waals surface area contributed by atoms with Crippen molar-refractivity contribution in [1.82, 2.24) is 15.3 Å². The summed E-state index contributed by atoms with van der Waals surface area (Å²) in [6.07, 6.45) is 17.2. The molecular weight excluding hydrogens is 625 g/mol. The van der Waals surface area contributed by atoms with Crippen LogP contribution in [0.15, 0.2) is 35.3 Å². The number of fused-ring (bicyclic) bond motifs is 4. The van der Waals surface area contributed by atoms with E-state index in [2.05, 4.69) is 56.8 Å². The molecule has 3 unspecified atom stereocenters. The van der Waals surface area contributed by atoms with Crippen molar-refractivity contribution in [3.8, 4) is 35.2 Å². The normalized spacial score (nSPS) is 18.9. The average molecular weight is 678 g/mol. The van der Waals surface area contributed by atoms with Gasteiger partial charge in [-0.3, -0.25) is 4.99 Å². The Bertz CT molecular complexity index is 2030. The fraction of sp³-hybridized carbons (Fsp3) is 0.500. The fourth-order valence-electron chi connectivity index (χ4n) is 7.55. The number of aromatic nitrogens is 2. The molecule has 0 bridgehead atoms. The maximum atomic E-state index is 15.2. The molecule has 0 aliphatic carbocycles.